The van der Waals surface area contributed by atoms with Gasteiger partial charge in [0.15, 0.2) is 0 Å². The van der Waals surface area contributed by atoms with Crippen LogP contribution >= 0.6 is 0 Å². The number of benzene rings is 1. The van der Waals surface area contributed by atoms with Crippen LogP contribution in [0.1, 0.15) is 30.3 Å². The second kappa shape index (κ2) is 7.06. The summed E-state index contributed by atoms with van der Waals surface area (Å²) >= 11 is 0. The SMILES string of the molecule is CCC(COc1cccc(C)c1C)Nc1nc(C)nc(N)n1. The normalized spacial score (nSPS) is 12.0. The molecule has 0 spiro atoms. The lowest BCUT2D eigenvalue weighted by Gasteiger charge is -2.19. The molecular formula is C16H23N5O. The van der Waals surface area contributed by atoms with Crippen LogP contribution in [0.15, 0.2) is 18.2 Å². The first-order valence-electron chi connectivity index (χ1n) is 7.43. The zero-order chi connectivity index (χ0) is 16.1. The molecule has 118 valence electrons. The van der Waals surface area contributed by atoms with Gasteiger partial charge in [0.1, 0.15) is 18.2 Å². The summed E-state index contributed by atoms with van der Waals surface area (Å²) in [6.45, 7) is 8.55. The smallest absolute Gasteiger partial charge is 0.228 e. The quantitative estimate of drug-likeness (QED) is 0.853. The van der Waals surface area contributed by atoms with Crippen molar-refractivity contribution in [1.29, 1.82) is 0 Å². The number of anilines is 2. The van der Waals surface area contributed by atoms with Gasteiger partial charge in [-0.1, -0.05) is 19.1 Å². The fourth-order valence-corrected chi connectivity index (χ4v) is 2.08. The molecule has 6 nitrogen and oxygen atoms in total. The standard InChI is InChI=1S/C16H23N5O/c1-5-13(20-16-19-12(4)18-15(17)21-16)9-22-14-8-6-7-10(2)11(14)3/h6-8,13H,5,9H2,1-4H3,(H3,17,18,19,20,21). The molecule has 1 unspecified atom stereocenters. The van der Waals surface area contributed by atoms with E-state index in [9.17, 15) is 0 Å². The molecule has 3 N–H and O–H groups in total. The monoisotopic (exact) mass is 301 g/mol. The molecule has 1 atom stereocenters. The highest BCUT2D eigenvalue weighted by atomic mass is 16.5. The van der Waals surface area contributed by atoms with Crippen molar-refractivity contribution in [1.82, 2.24) is 15.0 Å². The number of aromatic nitrogens is 3. The minimum absolute atomic E-state index is 0.0983. The number of rotatable bonds is 6. The molecule has 0 radical (unpaired) electrons. The topological polar surface area (TPSA) is 86.0 Å². The van der Waals surface area contributed by atoms with Gasteiger partial charge < -0.3 is 15.8 Å². The molecule has 0 aliphatic carbocycles. The van der Waals surface area contributed by atoms with Crippen LogP contribution in [0.3, 0.4) is 0 Å². The van der Waals surface area contributed by atoms with Gasteiger partial charge in [-0.15, -0.1) is 0 Å². The summed E-state index contributed by atoms with van der Waals surface area (Å²) in [4.78, 5) is 12.3. The molecule has 22 heavy (non-hydrogen) atoms. The van der Waals surface area contributed by atoms with Crippen molar-refractivity contribution < 1.29 is 4.74 Å². The lowest BCUT2D eigenvalue weighted by atomic mass is 10.1. The van der Waals surface area contributed by atoms with Gasteiger partial charge in [-0.25, -0.2) is 0 Å². The summed E-state index contributed by atoms with van der Waals surface area (Å²) in [7, 11) is 0. The zero-order valence-electron chi connectivity index (χ0n) is 13.6. The minimum atomic E-state index is 0.0983. The second-order valence-corrected chi connectivity index (χ2v) is 5.32. The third-order valence-electron chi connectivity index (χ3n) is 3.59. The van der Waals surface area contributed by atoms with Gasteiger partial charge in [-0.05, 0) is 44.4 Å². The predicted molar refractivity (Wildman–Crippen MR) is 88.1 cm³/mol. The Morgan fingerprint density at radius 2 is 1.95 bits per heavy atom. The van der Waals surface area contributed by atoms with Crippen molar-refractivity contribution in [3.63, 3.8) is 0 Å². The molecule has 1 aromatic carbocycles. The third-order valence-corrected chi connectivity index (χ3v) is 3.59. The molecule has 6 heteroatoms. The molecule has 2 rings (SSSR count). The lowest BCUT2D eigenvalue weighted by Crippen LogP contribution is -2.28. The Labute approximate surface area is 131 Å². The van der Waals surface area contributed by atoms with E-state index in [0.717, 1.165) is 17.7 Å². The predicted octanol–water partition coefficient (Wildman–Crippen LogP) is 2.65. The fourth-order valence-electron chi connectivity index (χ4n) is 2.08. The summed E-state index contributed by atoms with van der Waals surface area (Å²) in [5.74, 6) is 2.22. The van der Waals surface area contributed by atoms with Crippen molar-refractivity contribution in [3.8, 4) is 5.75 Å². The molecule has 1 heterocycles. The Hall–Kier alpha value is -2.37. The van der Waals surface area contributed by atoms with E-state index in [1.165, 1.54) is 5.56 Å². The van der Waals surface area contributed by atoms with Crippen LogP contribution < -0.4 is 15.8 Å². The highest BCUT2D eigenvalue weighted by molar-refractivity contribution is 5.38. The number of hydrogen-bond donors (Lipinski definition) is 2. The van der Waals surface area contributed by atoms with Crippen molar-refractivity contribution in [3.05, 3.63) is 35.2 Å². The highest BCUT2D eigenvalue weighted by Gasteiger charge is 2.11. The Kier molecular flexibility index (Phi) is 5.14. The molecular weight excluding hydrogens is 278 g/mol. The van der Waals surface area contributed by atoms with Crippen molar-refractivity contribution in [2.24, 2.45) is 0 Å². The Morgan fingerprint density at radius 3 is 2.64 bits per heavy atom. The molecule has 0 saturated carbocycles. The summed E-state index contributed by atoms with van der Waals surface area (Å²) in [5, 5.41) is 3.25. The second-order valence-electron chi connectivity index (χ2n) is 5.32. The summed E-state index contributed by atoms with van der Waals surface area (Å²) in [6.07, 6.45) is 0.884. The maximum atomic E-state index is 5.94. The number of nitrogen functional groups attached to an aromatic ring is 1. The molecule has 0 fully saturated rings. The number of hydrogen-bond acceptors (Lipinski definition) is 6. The van der Waals surface area contributed by atoms with Crippen LogP contribution in [0.2, 0.25) is 0 Å². The van der Waals surface area contributed by atoms with Crippen molar-refractivity contribution >= 4 is 11.9 Å². The maximum absolute atomic E-state index is 5.94. The molecule has 1 aromatic heterocycles. The summed E-state index contributed by atoms with van der Waals surface area (Å²) < 4.78 is 5.94. The van der Waals surface area contributed by atoms with Crippen LogP contribution in [0.25, 0.3) is 0 Å². The van der Waals surface area contributed by atoms with Gasteiger partial charge >= 0.3 is 0 Å². The minimum Gasteiger partial charge on any atom is -0.491 e. The fraction of sp³-hybridized carbons (Fsp3) is 0.438. The van der Waals surface area contributed by atoms with Crippen LogP contribution in [0.5, 0.6) is 5.75 Å². The molecule has 2 aromatic rings. The third kappa shape index (κ3) is 4.07. The summed E-state index contributed by atoms with van der Waals surface area (Å²) in [5.41, 5.74) is 8.03. The number of nitrogens with two attached hydrogens (primary N) is 1. The molecule has 0 aliphatic heterocycles. The number of ether oxygens (including phenoxy) is 1. The molecule has 0 aliphatic rings. The van der Waals surface area contributed by atoms with Gasteiger partial charge in [0.25, 0.3) is 0 Å². The van der Waals surface area contributed by atoms with Crippen LogP contribution in [0, 0.1) is 20.8 Å². The number of nitrogens with zero attached hydrogens (tertiary/aromatic N) is 3. The van der Waals surface area contributed by atoms with Gasteiger partial charge in [0, 0.05) is 0 Å². The van der Waals surface area contributed by atoms with Crippen molar-refractivity contribution in [2.45, 2.75) is 40.2 Å². The lowest BCUT2D eigenvalue weighted by molar-refractivity contribution is 0.291. The summed E-state index contributed by atoms with van der Waals surface area (Å²) in [6, 6.07) is 6.16. The molecule has 0 amide bonds. The van der Waals surface area contributed by atoms with Gasteiger partial charge in [0.2, 0.25) is 11.9 Å². The first kappa shape index (κ1) is 16.0. The van der Waals surface area contributed by atoms with E-state index >= 15 is 0 Å². The van der Waals surface area contributed by atoms with E-state index in [1.54, 1.807) is 6.92 Å². The van der Waals surface area contributed by atoms with E-state index in [4.69, 9.17) is 10.5 Å². The number of aryl methyl sites for hydroxylation is 2. The van der Waals surface area contributed by atoms with Crippen LogP contribution in [-0.4, -0.2) is 27.6 Å². The first-order chi connectivity index (χ1) is 10.5. The largest absolute Gasteiger partial charge is 0.491 e. The Morgan fingerprint density at radius 1 is 1.18 bits per heavy atom. The first-order valence-corrected chi connectivity index (χ1v) is 7.43. The zero-order valence-corrected chi connectivity index (χ0v) is 13.6. The Balaban J connectivity index is 2.01. The average molecular weight is 301 g/mol. The molecule has 0 saturated heterocycles. The van der Waals surface area contributed by atoms with Crippen LogP contribution in [0.4, 0.5) is 11.9 Å². The number of nitrogens with one attached hydrogen (secondary N) is 1. The van der Waals surface area contributed by atoms with E-state index < -0.39 is 0 Å². The van der Waals surface area contributed by atoms with Crippen LogP contribution in [-0.2, 0) is 0 Å². The van der Waals surface area contributed by atoms with Crippen molar-refractivity contribution in [2.75, 3.05) is 17.7 Å². The van der Waals surface area contributed by atoms with Gasteiger partial charge in [0.05, 0.1) is 6.04 Å². The average Bonchev–Trinajstić information content (AvgIpc) is 2.46. The van der Waals surface area contributed by atoms with E-state index in [2.05, 4.69) is 47.1 Å². The van der Waals surface area contributed by atoms with E-state index in [1.807, 2.05) is 12.1 Å². The maximum Gasteiger partial charge on any atom is 0.228 e. The van der Waals surface area contributed by atoms with Gasteiger partial charge in [-0.2, -0.15) is 15.0 Å². The Bertz CT molecular complexity index is 624. The molecule has 0 bridgehead atoms. The highest BCUT2D eigenvalue weighted by Crippen LogP contribution is 2.21. The van der Waals surface area contributed by atoms with E-state index in [-0.39, 0.29) is 12.0 Å². The van der Waals surface area contributed by atoms with E-state index in [0.29, 0.717) is 18.4 Å². The van der Waals surface area contributed by atoms with Gasteiger partial charge in [-0.3, -0.25) is 0 Å².